The minimum Gasteiger partial charge on any atom is -0.454 e. The predicted molar refractivity (Wildman–Crippen MR) is 88.2 cm³/mol. The van der Waals surface area contributed by atoms with E-state index in [1.807, 2.05) is 36.4 Å². The molecule has 1 aliphatic heterocycles. The van der Waals surface area contributed by atoms with Crippen molar-refractivity contribution in [3.8, 4) is 11.5 Å². The first-order chi connectivity index (χ1) is 10.3. The molecular formula is C16H16N2O2S. The minimum atomic E-state index is 0.269. The van der Waals surface area contributed by atoms with Crippen LogP contribution < -0.4 is 20.1 Å². The molecule has 0 amide bonds. The summed E-state index contributed by atoms with van der Waals surface area (Å²) >= 11 is 5.36. The first kappa shape index (κ1) is 13.7. The van der Waals surface area contributed by atoms with E-state index >= 15 is 0 Å². The molecule has 3 rings (SSSR count). The number of fused-ring (bicyclic) bond motifs is 1. The summed E-state index contributed by atoms with van der Waals surface area (Å²) in [4.78, 5) is 0. The monoisotopic (exact) mass is 300 g/mol. The summed E-state index contributed by atoms with van der Waals surface area (Å²) in [7, 11) is 0. The molecular weight excluding hydrogens is 284 g/mol. The van der Waals surface area contributed by atoms with Gasteiger partial charge < -0.3 is 20.1 Å². The topological polar surface area (TPSA) is 42.5 Å². The number of anilines is 2. The van der Waals surface area contributed by atoms with Gasteiger partial charge >= 0.3 is 0 Å². The lowest BCUT2D eigenvalue weighted by Crippen LogP contribution is -2.19. The molecule has 0 aromatic heterocycles. The minimum absolute atomic E-state index is 0.269. The molecule has 2 N–H and O–H groups in total. The van der Waals surface area contributed by atoms with Gasteiger partial charge in [0.25, 0.3) is 0 Å². The van der Waals surface area contributed by atoms with Gasteiger partial charge in [0.05, 0.1) is 0 Å². The number of rotatable bonds is 3. The molecule has 0 spiro atoms. The second-order valence-electron chi connectivity index (χ2n) is 4.66. The highest BCUT2D eigenvalue weighted by atomic mass is 32.1. The summed E-state index contributed by atoms with van der Waals surface area (Å²) in [6.45, 7) is 2.39. The highest BCUT2D eigenvalue weighted by molar-refractivity contribution is 7.80. The van der Waals surface area contributed by atoms with Gasteiger partial charge in [-0.2, -0.15) is 0 Å². The van der Waals surface area contributed by atoms with Gasteiger partial charge in [-0.25, -0.2) is 0 Å². The first-order valence-corrected chi connectivity index (χ1v) is 7.22. The molecule has 2 aromatic rings. The van der Waals surface area contributed by atoms with Crippen LogP contribution in [0, 0.1) is 0 Å². The predicted octanol–water partition coefficient (Wildman–Crippen LogP) is 3.79. The molecule has 0 radical (unpaired) electrons. The van der Waals surface area contributed by atoms with E-state index in [0.29, 0.717) is 5.11 Å². The molecule has 1 aliphatic rings. The molecule has 4 nitrogen and oxygen atoms in total. The fourth-order valence-corrected chi connectivity index (χ4v) is 2.44. The average molecular weight is 300 g/mol. The lowest BCUT2D eigenvalue weighted by molar-refractivity contribution is 0.174. The zero-order chi connectivity index (χ0) is 14.7. The average Bonchev–Trinajstić information content (AvgIpc) is 2.95. The van der Waals surface area contributed by atoms with Crippen LogP contribution in [-0.4, -0.2) is 11.9 Å². The molecule has 0 atom stereocenters. The Balaban J connectivity index is 1.69. The van der Waals surface area contributed by atoms with Crippen molar-refractivity contribution in [2.45, 2.75) is 13.3 Å². The van der Waals surface area contributed by atoms with Crippen molar-refractivity contribution in [1.82, 2.24) is 0 Å². The second-order valence-corrected chi connectivity index (χ2v) is 5.07. The Kier molecular flexibility index (Phi) is 3.92. The number of thiocarbonyl (C=S) groups is 1. The summed E-state index contributed by atoms with van der Waals surface area (Å²) in [6, 6.07) is 13.8. The zero-order valence-electron chi connectivity index (χ0n) is 11.7. The Labute approximate surface area is 129 Å². The van der Waals surface area contributed by atoms with E-state index in [2.05, 4.69) is 23.6 Å². The number of para-hydroxylation sites is 1. The Morgan fingerprint density at radius 3 is 2.76 bits per heavy atom. The highest BCUT2D eigenvalue weighted by Crippen LogP contribution is 2.34. The maximum atomic E-state index is 5.36. The molecule has 0 saturated heterocycles. The summed E-state index contributed by atoms with van der Waals surface area (Å²) < 4.78 is 10.6. The lowest BCUT2D eigenvalue weighted by Gasteiger charge is -2.13. The van der Waals surface area contributed by atoms with Crippen molar-refractivity contribution in [3.63, 3.8) is 0 Å². The summed E-state index contributed by atoms with van der Waals surface area (Å²) in [5, 5.41) is 6.93. The molecule has 108 valence electrons. The Morgan fingerprint density at radius 1 is 1.10 bits per heavy atom. The third-order valence-corrected chi connectivity index (χ3v) is 3.48. The van der Waals surface area contributed by atoms with Gasteiger partial charge in [0.15, 0.2) is 16.6 Å². The maximum Gasteiger partial charge on any atom is 0.231 e. The summed E-state index contributed by atoms with van der Waals surface area (Å²) in [6.07, 6.45) is 0.954. The van der Waals surface area contributed by atoms with Crippen molar-refractivity contribution in [2.75, 3.05) is 17.4 Å². The van der Waals surface area contributed by atoms with Crippen LogP contribution in [0.4, 0.5) is 11.4 Å². The summed E-state index contributed by atoms with van der Waals surface area (Å²) in [5.41, 5.74) is 3.12. The molecule has 0 aliphatic carbocycles. The van der Waals surface area contributed by atoms with Crippen LogP contribution >= 0.6 is 12.2 Å². The maximum absolute atomic E-state index is 5.36. The van der Waals surface area contributed by atoms with Crippen molar-refractivity contribution < 1.29 is 9.47 Å². The number of hydrogen-bond donors (Lipinski definition) is 2. The third kappa shape index (κ3) is 3.08. The molecule has 0 fully saturated rings. The number of benzene rings is 2. The fourth-order valence-electron chi connectivity index (χ4n) is 2.21. The van der Waals surface area contributed by atoms with Gasteiger partial charge in [-0.1, -0.05) is 25.1 Å². The smallest absolute Gasteiger partial charge is 0.231 e. The van der Waals surface area contributed by atoms with Gasteiger partial charge in [0.2, 0.25) is 6.79 Å². The third-order valence-electron chi connectivity index (χ3n) is 3.28. The van der Waals surface area contributed by atoms with Crippen molar-refractivity contribution >= 4 is 28.7 Å². The van der Waals surface area contributed by atoms with Crippen molar-refractivity contribution in [3.05, 3.63) is 48.0 Å². The molecule has 0 unspecified atom stereocenters. The molecule has 1 heterocycles. The van der Waals surface area contributed by atoms with Gasteiger partial charge in [0, 0.05) is 17.4 Å². The number of aryl methyl sites for hydroxylation is 1. The van der Waals surface area contributed by atoms with Crippen LogP contribution in [-0.2, 0) is 6.42 Å². The zero-order valence-corrected chi connectivity index (χ0v) is 12.5. The standard InChI is InChI=1S/C16H16N2O2S/c1-2-11-5-3-4-6-13(11)18-16(21)17-12-7-8-14-15(9-12)20-10-19-14/h3-9H,2,10H2,1H3,(H2,17,18,21). The normalized spacial score (nSPS) is 12.0. The molecule has 21 heavy (non-hydrogen) atoms. The molecule has 5 heteroatoms. The van der Waals surface area contributed by atoms with E-state index in [4.69, 9.17) is 21.7 Å². The summed E-state index contributed by atoms with van der Waals surface area (Å²) in [5.74, 6) is 1.49. The molecule has 2 aromatic carbocycles. The van der Waals surface area contributed by atoms with Crippen LogP contribution in [0.15, 0.2) is 42.5 Å². The van der Waals surface area contributed by atoms with Gasteiger partial charge in [-0.3, -0.25) is 0 Å². The van der Waals surface area contributed by atoms with Crippen LogP contribution in [0.25, 0.3) is 0 Å². The van der Waals surface area contributed by atoms with E-state index in [0.717, 1.165) is 29.3 Å². The van der Waals surface area contributed by atoms with Crippen LogP contribution in [0.2, 0.25) is 0 Å². The Hall–Kier alpha value is -2.27. The van der Waals surface area contributed by atoms with E-state index in [-0.39, 0.29) is 6.79 Å². The van der Waals surface area contributed by atoms with E-state index in [1.165, 1.54) is 5.56 Å². The SMILES string of the molecule is CCc1ccccc1NC(=S)Nc1ccc2c(c1)OCO2. The fraction of sp³-hybridized carbons (Fsp3) is 0.188. The quantitative estimate of drug-likeness (QED) is 0.844. The van der Waals surface area contributed by atoms with Gasteiger partial charge in [-0.05, 0) is 42.4 Å². The highest BCUT2D eigenvalue weighted by Gasteiger charge is 2.13. The number of ether oxygens (including phenoxy) is 2. The molecule has 0 bridgehead atoms. The lowest BCUT2D eigenvalue weighted by atomic mass is 10.1. The number of hydrogen-bond acceptors (Lipinski definition) is 3. The van der Waals surface area contributed by atoms with Crippen LogP contribution in [0.1, 0.15) is 12.5 Å². The molecule has 0 saturated carbocycles. The largest absolute Gasteiger partial charge is 0.454 e. The van der Waals surface area contributed by atoms with E-state index in [9.17, 15) is 0 Å². The second kappa shape index (κ2) is 6.01. The van der Waals surface area contributed by atoms with Crippen LogP contribution in [0.5, 0.6) is 11.5 Å². The van der Waals surface area contributed by atoms with E-state index < -0.39 is 0 Å². The van der Waals surface area contributed by atoms with Crippen molar-refractivity contribution in [2.24, 2.45) is 0 Å². The Bertz CT molecular complexity index is 673. The number of nitrogens with one attached hydrogen (secondary N) is 2. The van der Waals surface area contributed by atoms with Crippen LogP contribution in [0.3, 0.4) is 0 Å². The first-order valence-electron chi connectivity index (χ1n) is 6.82. The van der Waals surface area contributed by atoms with E-state index in [1.54, 1.807) is 0 Å². The van der Waals surface area contributed by atoms with Gasteiger partial charge in [0.1, 0.15) is 0 Å². The Morgan fingerprint density at radius 2 is 1.90 bits per heavy atom. The van der Waals surface area contributed by atoms with Gasteiger partial charge in [-0.15, -0.1) is 0 Å². The van der Waals surface area contributed by atoms with Crippen molar-refractivity contribution in [1.29, 1.82) is 0 Å².